The van der Waals surface area contributed by atoms with Crippen LogP contribution >= 0.6 is 0 Å². The lowest BCUT2D eigenvalue weighted by Crippen LogP contribution is -2.35. The number of benzene rings is 1. The summed E-state index contributed by atoms with van der Waals surface area (Å²) in [6, 6.07) is 5.16. The van der Waals surface area contributed by atoms with E-state index in [4.69, 9.17) is 9.47 Å². The van der Waals surface area contributed by atoms with Gasteiger partial charge in [0.15, 0.2) is 6.61 Å². The number of fused-ring (bicyclic) bond motifs is 1. The van der Waals surface area contributed by atoms with Crippen molar-refractivity contribution in [2.75, 3.05) is 50.7 Å². The van der Waals surface area contributed by atoms with Gasteiger partial charge in [0.1, 0.15) is 5.75 Å². The number of rotatable bonds is 6. The van der Waals surface area contributed by atoms with Crippen LogP contribution in [0.2, 0.25) is 0 Å². The summed E-state index contributed by atoms with van der Waals surface area (Å²) in [6.07, 6.45) is 0.965. The fourth-order valence-electron chi connectivity index (χ4n) is 3.16. The van der Waals surface area contributed by atoms with E-state index in [1.54, 1.807) is 37.3 Å². The molecule has 1 atom stereocenters. The summed E-state index contributed by atoms with van der Waals surface area (Å²) in [5.41, 5.74) is 1.19. The monoisotopic (exact) mass is 361 g/mol. The summed E-state index contributed by atoms with van der Waals surface area (Å²) in [5.74, 6) is -0.125. The molecule has 8 nitrogen and oxygen atoms in total. The number of likely N-dealkylation sites (tertiary alicyclic amines) is 1. The minimum Gasteiger partial charge on any atom is -0.482 e. The Labute approximate surface area is 152 Å². The highest BCUT2D eigenvalue weighted by Gasteiger charge is 2.34. The van der Waals surface area contributed by atoms with Crippen molar-refractivity contribution in [1.29, 1.82) is 0 Å². The molecular weight excluding hydrogens is 338 g/mol. The number of amides is 3. The Morgan fingerprint density at radius 1 is 1.35 bits per heavy atom. The predicted molar refractivity (Wildman–Crippen MR) is 95.2 cm³/mol. The third kappa shape index (κ3) is 3.80. The lowest BCUT2D eigenvalue weighted by Gasteiger charge is -2.26. The van der Waals surface area contributed by atoms with Gasteiger partial charge in [-0.2, -0.15) is 0 Å². The number of hydrogen-bond donors (Lipinski definition) is 1. The summed E-state index contributed by atoms with van der Waals surface area (Å²) in [7, 11) is 3.29. The van der Waals surface area contributed by atoms with Gasteiger partial charge in [-0.05, 0) is 24.6 Å². The Morgan fingerprint density at radius 3 is 2.92 bits per heavy atom. The predicted octanol–water partition coefficient (Wildman–Crippen LogP) is 0.865. The molecule has 0 aliphatic carbocycles. The minimum atomic E-state index is -0.378. The van der Waals surface area contributed by atoms with Crippen LogP contribution in [0.25, 0.3) is 0 Å². The first-order valence-corrected chi connectivity index (χ1v) is 8.60. The highest BCUT2D eigenvalue weighted by atomic mass is 16.5. The average Bonchev–Trinajstić information content (AvgIpc) is 3.00. The molecule has 8 heteroatoms. The number of carbonyl (C=O) groups excluding carboxylic acids is 3. The van der Waals surface area contributed by atoms with Crippen molar-refractivity contribution in [3.63, 3.8) is 0 Å². The van der Waals surface area contributed by atoms with Crippen LogP contribution < -0.4 is 15.0 Å². The Hall–Kier alpha value is -2.61. The number of nitrogens with one attached hydrogen (secondary N) is 1. The molecule has 3 amide bonds. The van der Waals surface area contributed by atoms with Crippen molar-refractivity contribution in [3.8, 4) is 5.75 Å². The fourth-order valence-corrected chi connectivity index (χ4v) is 3.16. The molecule has 1 aromatic rings. The molecule has 1 N–H and O–H groups in total. The Kier molecular flexibility index (Phi) is 5.41. The normalized spacial score (nSPS) is 19.4. The van der Waals surface area contributed by atoms with Crippen molar-refractivity contribution in [1.82, 2.24) is 4.90 Å². The molecule has 0 saturated carbocycles. The number of carbonyl (C=O) groups is 3. The van der Waals surface area contributed by atoms with Crippen LogP contribution in [0, 0.1) is 5.92 Å². The van der Waals surface area contributed by atoms with Crippen molar-refractivity contribution < 1.29 is 23.9 Å². The van der Waals surface area contributed by atoms with Gasteiger partial charge >= 0.3 is 0 Å². The zero-order chi connectivity index (χ0) is 18.7. The van der Waals surface area contributed by atoms with E-state index in [2.05, 4.69) is 5.32 Å². The first kappa shape index (κ1) is 18.2. The summed E-state index contributed by atoms with van der Waals surface area (Å²) in [6.45, 7) is 1.61. The van der Waals surface area contributed by atoms with Crippen LogP contribution in [0.3, 0.4) is 0 Å². The SMILES string of the molecule is COCCCN1CC(C(=O)Nc2ccc3c(c2)N(C)C(=O)CO3)CC1=O. The second-order valence-corrected chi connectivity index (χ2v) is 6.50. The van der Waals surface area contributed by atoms with E-state index in [0.29, 0.717) is 36.8 Å². The second kappa shape index (κ2) is 7.74. The van der Waals surface area contributed by atoms with Gasteiger partial charge in [0.25, 0.3) is 5.91 Å². The molecule has 3 rings (SSSR count). The van der Waals surface area contributed by atoms with E-state index in [-0.39, 0.29) is 36.7 Å². The van der Waals surface area contributed by atoms with Crippen LogP contribution in [0.5, 0.6) is 5.75 Å². The van der Waals surface area contributed by atoms with E-state index in [9.17, 15) is 14.4 Å². The average molecular weight is 361 g/mol. The first-order chi connectivity index (χ1) is 12.5. The van der Waals surface area contributed by atoms with Gasteiger partial charge in [0.05, 0.1) is 11.6 Å². The number of nitrogens with zero attached hydrogens (tertiary/aromatic N) is 2. The van der Waals surface area contributed by atoms with Crippen LogP contribution in [0.15, 0.2) is 18.2 Å². The quantitative estimate of drug-likeness (QED) is 0.760. The summed E-state index contributed by atoms with van der Waals surface area (Å²) in [5, 5.41) is 2.84. The summed E-state index contributed by atoms with van der Waals surface area (Å²) >= 11 is 0. The minimum absolute atomic E-state index is 0.00887. The Bertz CT molecular complexity index is 721. The molecule has 1 saturated heterocycles. The maximum atomic E-state index is 12.5. The van der Waals surface area contributed by atoms with Crippen LogP contribution in [0.1, 0.15) is 12.8 Å². The van der Waals surface area contributed by atoms with E-state index >= 15 is 0 Å². The highest BCUT2D eigenvalue weighted by Crippen LogP contribution is 2.34. The van der Waals surface area contributed by atoms with E-state index in [1.165, 1.54) is 4.90 Å². The molecule has 140 valence electrons. The maximum absolute atomic E-state index is 12.5. The smallest absolute Gasteiger partial charge is 0.264 e. The van der Waals surface area contributed by atoms with Crippen LogP contribution in [-0.2, 0) is 19.1 Å². The van der Waals surface area contributed by atoms with E-state index in [0.717, 1.165) is 6.42 Å². The molecule has 2 heterocycles. The molecule has 0 bridgehead atoms. The Balaban J connectivity index is 1.62. The number of anilines is 2. The number of ether oxygens (including phenoxy) is 2. The van der Waals surface area contributed by atoms with Gasteiger partial charge in [0, 0.05) is 46.0 Å². The molecular formula is C18H23N3O5. The van der Waals surface area contributed by atoms with Gasteiger partial charge in [-0.1, -0.05) is 0 Å². The number of hydrogen-bond acceptors (Lipinski definition) is 5. The standard InChI is InChI=1S/C18H23N3O5/c1-20-14-9-13(4-5-15(14)26-11-17(20)23)19-18(24)12-8-16(22)21(10-12)6-3-7-25-2/h4-5,9,12H,3,6-8,10-11H2,1-2H3,(H,19,24). The molecule has 2 aliphatic rings. The van der Waals surface area contributed by atoms with Gasteiger partial charge in [0.2, 0.25) is 11.8 Å². The van der Waals surface area contributed by atoms with Crippen molar-refractivity contribution >= 4 is 29.1 Å². The molecule has 0 radical (unpaired) electrons. The number of methoxy groups -OCH3 is 1. The first-order valence-electron chi connectivity index (χ1n) is 8.60. The summed E-state index contributed by atoms with van der Waals surface area (Å²) in [4.78, 5) is 39.5. The van der Waals surface area contributed by atoms with Crippen molar-refractivity contribution in [3.05, 3.63) is 18.2 Å². The molecule has 26 heavy (non-hydrogen) atoms. The van der Waals surface area contributed by atoms with Gasteiger partial charge in [-0.15, -0.1) is 0 Å². The van der Waals surface area contributed by atoms with Crippen molar-refractivity contribution in [2.45, 2.75) is 12.8 Å². The molecule has 1 aromatic carbocycles. The molecule has 1 fully saturated rings. The van der Waals surface area contributed by atoms with Gasteiger partial charge in [-0.25, -0.2) is 0 Å². The van der Waals surface area contributed by atoms with Gasteiger partial charge in [-0.3, -0.25) is 14.4 Å². The zero-order valence-electron chi connectivity index (χ0n) is 15.0. The fraction of sp³-hybridized carbons (Fsp3) is 0.500. The van der Waals surface area contributed by atoms with Gasteiger partial charge < -0.3 is 24.6 Å². The van der Waals surface area contributed by atoms with Crippen molar-refractivity contribution in [2.24, 2.45) is 5.92 Å². The number of likely N-dealkylation sites (N-methyl/N-ethyl adjacent to an activating group) is 1. The second-order valence-electron chi connectivity index (χ2n) is 6.50. The lowest BCUT2D eigenvalue weighted by molar-refractivity contribution is -0.128. The van der Waals surface area contributed by atoms with Crippen LogP contribution in [-0.4, -0.2) is 63.1 Å². The molecule has 0 spiro atoms. The Morgan fingerprint density at radius 2 is 2.15 bits per heavy atom. The van der Waals surface area contributed by atoms with E-state index in [1.807, 2.05) is 0 Å². The topological polar surface area (TPSA) is 88.2 Å². The zero-order valence-corrected chi connectivity index (χ0v) is 15.0. The summed E-state index contributed by atoms with van der Waals surface area (Å²) < 4.78 is 10.4. The molecule has 1 unspecified atom stereocenters. The molecule has 0 aromatic heterocycles. The third-order valence-electron chi connectivity index (χ3n) is 4.67. The molecule has 2 aliphatic heterocycles. The lowest BCUT2D eigenvalue weighted by atomic mass is 10.1. The van der Waals surface area contributed by atoms with Crippen LogP contribution in [0.4, 0.5) is 11.4 Å². The third-order valence-corrected chi connectivity index (χ3v) is 4.67. The maximum Gasteiger partial charge on any atom is 0.264 e. The van der Waals surface area contributed by atoms with E-state index < -0.39 is 0 Å². The highest BCUT2D eigenvalue weighted by molar-refractivity contribution is 6.00. The largest absolute Gasteiger partial charge is 0.482 e.